The topological polar surface area (TPSA) is 86.5 Å². The summed E-state index contributed by atoms with van der Waals surface area (Å²) in [5.41, 5.74) is 2.33. The third kappa shape index (κ3) is 2.66. The van der Waals surface area contributed by atoms with Crippen LogP contribution in [0.5, 0.6) is 0 Å². The predicted molar refractivity (Wildman–Crippen MR) is 94.8 cm³/mol. The van der Waals surface area contributed by atoms with Gasteiger partial charge in [0.1, 0.15) is 12.4 Å². The molecule has 0 atom stereocenters. The van der Waals surface area contributed by atoms with Gasteiger partial charge < -0.3 is 9.26 Å². The molecule has 0 radical (unpaired) electrons. The number of ether oxygens (including phenoxy) is 1. The van der Waals surface area contributed by atoms with Crippen LogP contribution < -0.4 is 0 Å². The molecule has 0 saturated carbocycles. The lowest BCUT2D eigenvalue weighted by Crippen LogP contribution is -2.24. The first-order valence-electron chi connectivity index (χ1n) is 8.39. The zero-order valence-corrected chi connectivity index (χ0v) is 14.7. The van der Waals surface area contributed by atoms with Crippen LogP contribution in [0.3, 0.4) is 0 Å². The summed E-state index contributed by atoms with van der Waals surface area (Å²) in [5.74, 6) is -0.742. The van der Waals surface area contributed by atoms with Gasteiger partial charge in [-0.15, -0.1) is 0 Å². The average Bonchev–Trinajstić information content (AvgIpc) is 3.01. The molecule has 134 valence electrons. The Hall–Kier alpha value is -3.54. The van der Waals surface area contributed by atoms with Crippen molar-refractivity contribution < 1.29 is 23.6 Å². The van der Waals surface area contributed by atoms with Gasteiger partial charge in [-0.05, 0) is 19.9 Å². The molecule has 3 aromatic rings. The third-order valence-corrected chi connectivity index (χ3v) is 4.70. The summed E-state index contributed by atoms with van der Waals surface area (Å²) in [6.45, 7) is 3.46. The summed E-state index contributed by atoms with van der Waals surface area (Å²) in [5, 5.41) is 3.82. The van der Waals surface area contributed by atoms with Gasteiger partial charge in [0.25, 0.3) is 0 Å². The molecule has 0 saturated heterocycles. The quantitative estimate of drug-likeness (QED) is 0.520. The van der Waals surface area contributed by atoms with E-state index in [0.717, 1.165) is 0 Å². The van der Waals surface area contributed by atoms with Gasteiger partial charge in [-0.3, -0.25) is 9.59 Å². The highest BCUT2D eigenvalue weighted by atomic mass is 16.5. The van der Waals surface area contributed by atoms with Gasteiger partial charge in [-0.2, -0.15) is 0 Å². The maximum Gasteiger partial charge on any atom is 0.339 e. The molecule has 0 amide bonds. The number of nitrogens with zero attached hydrogens (tertiary/aromatic N) is 1. The summed E-state index contributed by atoms with van der Waals surface area (Å²) in [6, 6.07) is 11.2. The number of carbonyl (C=O) groups is 3. The Bertz CT molecular complexity index is 1090. The van der Waals surface area contributed by atoms with Crippen LogP contribution in [-0.2, 0) is 11.3 Å². The van der Waals surface area contributed by atoms with Gasteiger partial charge in [0, 0.05) is 22.3 Å². The number of aryl methyl sites for hydroxylation is 2. The van der Waals surface area contributed by atoms with E-state index in [1.807, 2.05) is 0 Å². The summed E-state index contributed by atoms with van der Waals surface area (Å²) in [6.07, 6.45) is 0. The minimum Gasteiger partial charge on any atom is -0.457 e. The Morgan fingerprint density at radius 2 is 1.63 bits per heavy atom. The first-order valence-corrected chi connectivity index (χ1v) is 8.39. The number of fused-ring (bicyclic) bond motifs is 2. The molecule has 6 nitrogen and oxygen atoms in total. The number of ketones is 2. The number of rotatable bonds is 3. The van der Waals surface area contributed by atoms with E-state index in [1.165, 1.54) is 6.07 Å². The van der Waals surface area contributed by atoms with Gasteiger partial charge in [0.2, 0.25) is 0 Å². The Balaban J connectivity index is 1.70. The highest BCUT2D eigenvalue weighted by Crippen LogP contribution is 2.30. The molecular formula is C21H15NO5. The van der Waals surface area contributed by atoms with Gasteiger partial charge >= 0.3 is 5.97 Å². The first-order chi connectivity index (χ1) is 13.0. The third-order valence-electron chi connectivity index (χ3n) is 4.70. The van der Waals surface area contributed by atoms with Crippen molar-refractivity contribution in [1.29, 1.82) is 0 Å². The van der Waals surface area contributed by atoms with Crippen molar-refractivity contribution in [2.75, 3.05) is 0 Å². The standard InChI is InChI=1S/C21H15NO5/c1-11-17(12(2)27-22-11)10-26-21(25)16-9-5-8-15-18(16)20(24)14-7-4-3-6-13(14)19(15)23/h3-9H,10H2,1-2H3. The molecule has 1 heterocycles. The van der Waals surface area contributed by atoms with Gasteiger partial charge in [-0.25, -0.2) is 4.79 Å². The second-order valence-corrected chi connectivity index (χ2v) is 6.31. The van der Waals surface area contributed by atoms with E-state index < -0.39 is 5.97 Å². The number of esters is 1. The molecule has 27 heavy (non-hydrogen) atoms. The van der Waals surface area contributed by atoms with E-state index in [0.29, 0.717) is 28.1 Å². The summed E-state index contributed by atoms with van der Waals surface area (Å²) in [7, 11) is 0. The van der Waals surface area contributed by atoms with Crippen molar-refractivity contribution in [3.8, 4) is 0 Å². The van der Waals surface area contributed by atoms with Gasteiger partial charge in [0.05, 0.1) is 16.8 Å². The highest BCUT2D eigenvalue weighted by Gasteiger charge is 2.33. The number of benzene rings is 2. The molecule has 1 aliphatic carbocycles. The molecule has 0 bridgehead atoms. The number of aromatic nitrogens is 1. The molecule has 0 fully saturated rings. The van der Waals surface area contributed by atoms with Gasteiger partial charge in [0.15, 0.2) is 11.6 Å². The van der Waals surface area contributed by atoms with Crippen molar-refractivity contribution in [1.82, 2.24) is 5.16 Å². The Morgan fingerprint density at radius 3 is 2.30 bits per heavy atom. The lowest BCUT2D eigenvalue weighted by molar-refractivity contribution is 0.0468. The van der Waals surface area contributed by atoms with Crippen LogP contribution in [0.15, 0.2) is 47.0 Å². The molecule has 6 heteroatoms. The van der Waals surface area contributed by atoms with Gasteiger partial charge in [-0.1, -0.05) is 41.6 Å². The van der Waals surface area contributed by atoms with Crippen LogP contribution in [0.1, 0.15) is 59.2 Å². The lowest BCUT2D eigenvalue weighted by atomic mass is 9.82. The highest BCUT2D eigenvalue weighted by molar-refractivity contribution is 6.30. The molecule has 0 aliphatic heterocycles. The molecule has 0 N–H and O–H groups in total. The molecule has 1 aromatic heterocycles. The molecule has 4 rings (SSSR count). The number of carbonyl (C=O) groups excluding carboxylic acids is 3. The summed E-state index contributed by atoms with van der Waals surface area (Å²) < 4.78 is 10.4. The van der Waals surface area contributed by atoms with E-state index >= 15 is 0 Å². The maximum atomic E-state index is 12.9. The monoisotopic (exact) mass is 361 g/mol. The fourth-order valence-electron chi connectivity index (χ4n) is 3.24. The largest absolute Gasteiger partial charge is 0.457 e. The van der Waals surface area contributed by atoms with E-state index in [2.05, 4.69) is 5.16 Å². The zero-order chi connectivity index (χ0) is 19.1. The molecular weight excluding hydrogens is 346 g/mol. The van der Waals surface area contributed by atoms with Crippen LogP contribution in [0.2, 0.25) is 0 Å². The molecule has 0 spiro atoms. The van der Waals surface area contributed by atoms with E-state index in [-0.39, 0.29) is 34.9 Å². The number of hydrogen-bond acceptors (Lipinski definition) is 6. The lowest BCUT2D eigenvalue weighted by Gasteiger charge is -2.19. The van der Waals surface area contributed by atoms with E-state index in [9.17, 15) is 14.4 Å². The minimum atomic E-state index is -0.674. The van der Waals surface area contributed by atoms with E-state index in [4.69, 9.17) is 9.26 Å². The predicted octanol–water partition coefficient (Wildman–Crippen LogP) is 3.42. The van der Waals surface area contributed by atoms with Crippen LogP contribution in [0, 0.1) is 13.8 Å². The summed E-state index contributed by atoms with van der Waals surface area (Å²) >= 11 is 0. The first kappa shape index (κ1) is 16.9. The number of hydrogen-bond donors (Lipinski definition) is 0. The van der Waals surface area contributed by atoms with E-state index in [1.54, 1.807) is 50.2 Å². The maximum absolute atomic E-state index is 12.9. The SMILES string of the molecule is Cc1noc(C)c1COC(=O)c1cccc2c1C(=O)c1ccccc1C2=O. The Morgan fingerprint density at radius 1 is 0.963 bits per heavy atom. The Kier molecular flexibility index (Phi) is 3.96. The van der Waals surface area contributed by atoms with Crippen LogP contribution >= 0.6 is 0 Å². The second kappa shape index (κ2) is 6.32. The molecule has 1 aliphatic rings. The van der Waals surface area contributed by atoms with Crippen molar-refractivity contribution in [3.63, 3.8) is 0 Å². The fourth-order valence-corrected chi connectivity index (χ4v) is 3.24. The van der Waals surface area contributed by atoms with Crippen LogP contribution in [-0.4, -0.2) is 22.7 Å². The van der Waals surface area contributed by atoms with Crippen LogP contribution in [0.4, 0.5) is 0 Å². The average molecular weight is 361 g/mol. The fraction of sp³-hybridized carbons (Fsp3) is 0.143. The minimum absolute atomic E-state index is 0.0254. The van der Waals surface area contributed by atoms with Crippen molar-refractivity contribution >= 4 is 17.5 Å². The smallest absolute Gasteiger partial charge is 0.339 e. The van der Waals surface area contributed by atoms with Crippen molar-refractivity contribution in [3.05, 3.63) is 87.3 Å². The normalized spacial score (nSPS) is 12.5. The molecule has 0 unspecified atom stereocenters. The van der Waals surface area contributed by atoms with Crippen molar-refractivity contribution in [2.45, 2.75) is 20.5 Å². The summed E-state index contributed by atoms with van der Waals surface area (Å²) in [4.78, 5) is 38.3. The zero-order valence-electron chi connectivity index (χ0n) is 14.7. The van der Waals surface area contributed by atoms with Crippen molar-refractivity contribution in [2.24, 2.45) is 0 Å². The van der Waals surface area contributed by atoms with Crippen LogP contribution in [0.25, 0.3) is 0 Å². The second-order valence-electron chi connectivity index (χ2n) is 6.31. The molecule has 2 aromatic carbocycles. The Labute approximate surface area is 154 Å².